The molecule has 1 N–H and O–H groups in total. The number of hydrogen-bond acceptors (Lipinski definition) is 3. The molecule has 2 rings (SSSR count). The van der Waals surface area contributed by atoms with Crippen LogP contribution in [0.25, 0.3) is 0 Å². The molecule has 1 amide bonds. The molecular formula is C14H17ClN2O3. The van der Waals surface area contributed by atoms with Crippen LogP contribution >= 0.6 is 11.6 Å². The summed E-state index contributed by atoms with van der Waals surface area (Å²) >= 11 is 5.82. The molecule has 1 aromatic carbocycles. The highest BCUT2D eigenvalue weighted by atomic mass is 35.5. The summed E-state index contributed by atoms with van der Waals surface area (Å²) in [7, 11) is 0. The maximum absolute atomic E-state index is 12.1. The molecule has 5 nitrogen and oxygen atoms in total. The van der Waals surface area contributed by atoms with Gasteiger partial charge < -0.3 is 5.32 Å². The number of nitrogens with one attached hydrogen (secondary N) is 1. The summed E-state index contributed by atoms with van der Waals surface area (Å²) in [4.78, 5) is 22.5. The van der Waals surface area contributed by atoms with Crippen molar-refractivity contribution in [3.05, 3.63) is 38.9 Å². The highest BCUT2D eigenvalue weighted by molar-refractivity contribution is 6.31. The molecule has 0 atom stereocenters. The van der Waals surface area contributed by atoms with Crippen molar-refractivity contribution < 1.29 is 9.72 Å². The molecule has 0 aromatic heterocycles. The third-order valence-electron chi connectivity index (χ3n) is 3.89. The van der Waals surface area contributed by atoms with Crippen molar-refractivity contribution in [2.45, 2.75) is 32.6 Å². The Hall–Kier alpha value is -1.62. The van der Waals surface area contributed by atoms with E-state index in [1.54, 1.807) is 0 Å². The number of carbonyl (C=O) groups is 1. The van der Waals surface area contributed by atoms with Gasteiger partial charge >= 0.3 is 0 Å². The minimum atomic E-state index is -0.567. The predicted octanol–water partition coefficient (Wildman–Crippen LogP) is 3.56. The molecule has 0 bridgehead atoms. The average molecular weight is 297 g/mol. The fraction of sp³-hybridized carbons (Fsp3) is 0.500. The van der Waals surface area contributed by atoms with Gasteiger partial charge in [-0.25, -0.2) is 0 Å². The van der Waals surface area contributed by atoms with E-state index in [0.717, 1.165) is 12.8 Å². The van der Waals surface area contributed by atoms with Gasteiger partial charge in [0.25, 0.3) is 11.6 Å². The van der Waals surface area contributed by atoms with E-state index in [0.29, 0.717) is 11.6 Å². The molecule has 1 aliphatic rings. The minimum absolute atomic E-state index is 0.0177. The summed E-state index contributed by atoms with van der Waals surface area (Å²) < 4.78 is 0. The third-order valence-corrected chi connectivity index (χ3v) is 4.12. The van der Waals surface area contributed by atoms with E-state index in [4.69, 9.17) is 11.6 Å². The van der Waals surface area contributed by atoms with E-state index in [1.807, 2.05) is 0 Å². The van der Waals surface area contributed by atoms with E-state index in [2.05, 4.69) is 12.2 Å². The van der Waals surface area contributed by atoms with Gasteiger partial charge in [0.05, 0.1) is 4.92 Å². The second kappa shape index (κ2) is 5.79. The summed E-state index contributed by atoms with van der Waals surface area (Å²) in [5.74, 6) is -0.438. The van der Waals surface area contributed by atoms with Crippen LogP contribution in [0.5, 0.6) is 0 Å². The summed E-state index contributed by atoms with van der Waals surface area (Å²) in [6.07, 6.45) is 4.49. The van der Waals surface area contributed by atoms with E-state index >= 15 is 0 Å². The first-order chi connectivity index (χ1) is 9.41. The Bertz CT molecular complexity index is 539. The fourth-order valence-corrected chi connectivity index (χ4v) is 2.82. The highest BCUT2D eigenvalue weighted by Crippen LogP contribution is 2.36. The van der Waals surface area contributed by atoms with Crippen molar-refractivity contribution in [2.24, 2.45) is 5.41 Å². The Balaban J connectivity index is 2.12. The van der Waals surface area contributed by atoms with Gasteiger partial charge in [-0.1, -0.05) is 31.4 Å². The Morgan fingerprint density at radius 1 is 1.45 bits per heavy atom. The summed E-state index contributed by atoms with van der Waals surface area (Å²) in [6, 6.07) is 4.01. The van der Waals surface area contributed by atoms with Crippen LogP contribution in [0.1, 0.15) is 43.0 Å². The smallest absolute Gasteiger partial charge is 0.282 e. The van der Waals surface area contributed by atoms with Crippen molar-refractivity contribution in [1.82, 2.24) is 5.32 Å². The van der Waals surface area contributed by atoms with Crippen molar-refractivity contribution in [2.75, 3.05) is 6.54 Å². The second-order valence-electron chi connectivity index (χ2n) is 5.62. The number of carbonyl (C=O) groups excluding carboxylic acids is 1. The fourth-order valence-electron chi connectivity index (χ4n) is 2.64. The molecule has 0 spiro atoms. The van der Waals surface area contributed by atoms with Gasteiger partial charge in [0.15, 0.2) is 0 Å². The molecule has 1 saturated carbocycles. The molecule has 1 aliphatic carbocycles. The summed E-state index contributed by atoms with van der Waals surface area (Å²) in [5.41, 5.74) is -0.101. The van der Waals surface area contributed by atoms with Crippen LogP contribution in [-0.2, 0) is 0 Å². The number of benzene rings is 1. The van der Waals surface area contributed by atoms with Gasteiger partial charge in [-0.2, -0.15) is 0 Å². The van der Waals surface area contributed by atoms with Gasteiger partial charge in [0.2, 0.25) is 0 Å². The maximum Gasteiger partial charge on any atom is 0.282 e. The van der Waals surface area contributed by atoms with Crippen molar-refractivity contribution in [1.29, 1.82) is 0 Å². The van der Waals surface area contributed by atoms with Gasteiger partial charge in [-0.3, -0.25) is 14.9 Å². The number of rotatable bonds is 4. The molecule has 0 saturated heterocycles. The summed E-state index contributed by atoms with van der Waals surface area (Å²) in [5, 5.41) is 14.1. The van der Waals surface area contributed by atoms with Crippen molar-refractivity contribution in [3.8, 4) is 0 Å². The topological polar surface area (TPSA) is 72.2 Å². The van der Waals surface area contributed by atoms with E-state index in [1.165, 1.54) is 31.0 Å². The van der Waals surface area contributed by atoms with Crippen molar-refractivity contribution >= 4 is 23.2 Å². The van der Waals surface area contributed by atoms with E-state index in [9.17, 15) is 14.9 Å². The zero-order valence-electron chi connectivity index (χ0n) is 11.3. The molecular weight excluding hydrogens is 280 g/mol. The number of halogens is 1. The molecule has 0 aliphatic heterocycles. The zero-order valence-corrected chi connectivity index (χ0v) is 12.1. The largest absolute Gasteiger partial charge is 0.351 e. The molecule has 20 heavy (non-hydrogen) atoms. The second-order valence-corrected chi connectivity index (χ2v) is 6.06. The quantitative estimate of drug-likeness (QED) is 0.682. The molecule has 1 aromatic rings. The van der Waals surface area contributed by atoms with Gasteiger partial charge in [0, 0.05) is 17.6 Å². The first-order valence-corrected chi connectivity index (χ1v) is 7.01. The Labute approximate surface area is 122 Å². The van der Waals surface area contributed by atoms with Crippen LogP contribution in [-0.4, -0.2) is 17.4 Å². The number of hydrogen-bond donors (Lipinski definition) is 1. The number of nitro benzene ring substituents is 1. The first-order valence-electron chi connectivity index (χ1n) is 6.63. The average Bonchev–Trinajstić information content (AvgIpc) is 2.83. The lowest BCUT2D eigenvalue weighted by Crippen LogP contribution is -2.34. The van der Waals surface area contributed by atoms with Crippen LogP contribution in [0.15, 0.2) is 18.2 Å². The van der Waals surface area contributed by atoms with Crippen LogP contribution in [0.2, 0.25) is 5.02 Å². The van der Waals surface area contributed by atoms with Crippen LogP contribution in [0.3, 0.4) is 0 Å². The Morgan fingerprint density at radius 3 is 2.70 bits per heavy atom. The van der Waals surface area contributed by atoms with Crippen LogP contribution in [0, 0.1) is 15.5 Å². The lowest BCUT2D eigenvalue weighted by molar-refractivity contribution is -0.385. The van der Waals surface area contributed by atoms with Gasteiger partial charge in [-0.05, 0) is 30.4 Å². The maximum atomic E-state index is 12.1. The van der Waals surface area contributed by atoms with E-state index < -0.39 is 10.8 Å². The molecule has 108 valence electrons. The summed E-state index contributed by atoms with van der Waals surface area (Å²) in [6.45, 7) is 2.67. The van der Waals surface area contributed by atoms with Crippen LogP contribution in [0.4, 0.5) is 5.69 Å². The lowest BCUT2D eigenvalue weighted by atomic mass is 9.89. The van der Waals surface area contributed by atoms with Crippen molar-refractivity contribution in [3.63, 3.8) is 0 Å². The molecule has 0 unspecified atom stereocenters. The van der Waals surface area contributed by atoms with Gasteiger partial charge in [-0.15, -0.1) is 0 Å². The normalized spacial score (nSPS) is 16.9. The standard InChI is InChI=1S/C14H17ClN2O3/c1-14(6-2-3-7-14)9-16-13(18)11-8-10(15)4-5-12(11)17(19)20/h4-5,8H,2-3,6-7,9H2,1H3,(H,16,18). The number of nitrogens with zero attached hydrogens (tertiary/aromatic N) is 1. The molecule has 0 radical (unpaired) electrons. The SMILES string of the molecule is CC1(CNC(=O)c2cc(Cl)ccc2[N+](=O)[O-])CCCC1. The molecule has 6 heteroatoms. The molecule has 1 fully saturated rings. The first kappa shape index (κ1) is 14.8. The number of amides is 1. The van der Waals surface area contributed by atoms with E-state index in [-0.39, 0.29) is 16.7 Å². The van der Waals surface area contributed by atoms with Crippen LogP contribution < -0.4 is 5.32 Å². The zero-order chi connectivity index (χ0) is 14.8. The monoisotopic (exact) mass is 296 g/mol. The Kier molecular flexibility index (Phi) is 4.28. The lowest BCUT2D eigenvalue weighted by Gasteiger charge is -2.23. The predicted molar refractivity (Wildman–Crippen MR) is 77.0 cm³/mol. The van der Waals surface area contributed by atoms with Gasteiger partial charge in [0.1, 0.15) is 5.56 Å². The molecule has 0 heterocycles. The highest BCUT2D eigenvalue weighted by Gasteiger charge is 2.30. The Morgan fingerprint density at radius 2 is 2.10 bits per heavy atom. The third kappa shape index (κ3) is 3.28. The number of nitro groups is 1. The minimum Gasteiger partial charge on any atom is -0.351 e.